The molecular formula is C19H19N3O5S. The number of hydrogen-bond donors (Lipinski definition) is 3. The van der Waals surface area contributed by atoms with Crippen LogP contribution in [0.4, 0.5) is 5.69 Å². The fourth-order valence-electron chi connectivity index (χ4n) is 3.04. The summed E-state index contributed by atoms with van der Waals surface area (Å²) in [5.41, 5.74) is -0.697. The number of nitrogens with one attached hydrogen (secondary N) is 1. The summed E-state index contributed by atoms with van der Waals surface area (Å²) < 4.78 is 24.9. The highest BCUT2D eigenvalue weighted by Crippen LogP contribution is 2.28. The average Bonchev–Trinajstić information content (AvgIpc) is 2.65. The van der Waals surface area contributed by atoms with Crippen molar-refractivity contribution in [2.24, 2.45) is 5.14 Å². The van der Waals surface area contributed by atoms with E-state index in [9.17, 15) is 23.1 Å². The van der Waals surface area contributed by atoms with Gasteiger partial charge in [0.2, 0.25) is 10.0 Å². The number of fused-ring (bicyclic) bond motifs is 1. The smallest absolute Gasteiger partial charge is 0.267 e. The summed E-state index contributed by atoms with van der Waals surface area (Å²) in [5, 5.41) is 18.5. The van der Waals surface area contributed by atoms with Gasteiger partial charge in [-0.05, 0) is 30.7 Å². The summed E-state index contributed by atoms with van der Waals surface area (Å²) in [5.74, 6) is -1.38. The number of aromatic nitrogens is 1. The number of rotatable bonds is 5. The van der Waals surface area contributed by atoms with Crippen molar-refractivity contribution in [2.75, 3.05) is 5.32 Å². The molecule has 146 valence electrons. The topological polar surface area (TPSA) is 131 Å². The molecule has 3 aromatic rings. The molecule has 28 heavy (non-hydrogen) atoms. The van der Waals surface area contributed by atoms with Gasteiger partial charge in [-0.3, -0.25) is 9.59 Å². The van der Waals surface area contributed by atoms with Gasteiger partial charge in [0, 0.05) is 11.9 Å². The number of hydrogen-bond acceptors (Lipinski definition) is 5. The van der Waals surface area contributed by atoms with Crippen molar-refractivity contribution in [1.82, 2.24) is 4.57 Å². The minimum atomic E-state index is -4.09. The van der Waals surface area contributed by atoms with E-state index in [2.05, 4.69) is 5.32 Å². The molecule has 1 aromatic heterocycles. The number of nitrogens with zero attached hydrogens (tertiary/aromatic N) is 1. The van der Waals surface area contributed by atoms with Crippen molar-refractivity contribution in [3.63, 3.8) is 0 Å². The summed E-state index contributed by atoms with van der Waals surface area (Å²) in [6, 6.07) is 12.3. The van der Waals surface area contributed by atoms with Gasteiger partial charge in [-0.2, -0.15) is 0 Å². The van der Waals surface area contributed by atoms with E-state index in [0.717, 1.165) is 0 Å². The van der Waals surface area contributed by atoms with Crippen LogP contribution in [-0.4, -0.2) is 24.0 Å². The van der Waals surface area contributed by atoms with Crippen LogP contribution in [0.25, 0.3) is 10.9 Å². The van der Waals surface area contributed by atoms with Crippen LogP contribution in [0.5, 0.6) is 5.75 Å². The van der Waals surface area contributed by atoms with Gasteiger partial charge in [-0.15, -0.1) is 0 Å². The molecule has 9 heteroatoms. The number of anilines is 1. The van der Waals surface area contributed by atoms with Crippen LogP contribution in [0.3, 0.4) is 0 Å². The summed E-state index contributed by atoms with van der Waals surface area (Å²) in [6.07, 6.45) is 0.643. The van der Waals surface area contributed by atoms with Gasteiger partial charge in [0.1, 0.15) is 16.2 Å². The largest absolute Gasteiger partial charge is 0.506 e. The Morgan fingerprint density at radius 1 is 1.14 bits per heavy atom. The van der Waals surface area contributed by atoms with Crippen LogP contribution in [0, 0.1) is 0 Å². The summed E-state index contributed by atoms with van der Waals surface area (Å²) in [7, 11) is -4.09. The van der Waals surface area contributed by atoms with Crippen molar-refractivity contribution in [3.8, 4) is 5.75 Å². The number of carbonyl (C=O) groups excluding carboxylic acids is 1. The second-order valence-corrected chi connectivity index (χ2v) is 7.72. The lowest BCUT2D eigenvalue weighted by molar-refractivity contribution is 0.102. The molecule has 0 fully saturated rings. The molecule has 3 rings (SSSR count). The Hall–Kier alpha value is -3.17. The van der Waals surface area contributed by atoms with Gasteiger partial charge in [-0.25, -0.2) is 13.6 Å². The van der Waals surface area contributed by atoms with Gasteiger partial charge in [0.05, 0.1) is 11.2 Å². The van der Waals surface area contributed by atoms with Gasteiger partial charge < -0.3 is 15.0 Å². The summed E-state index contributed by atoms with van der Waals surface area (Å²) in [4.78, 5) is 25.4. The number of para-hydroxylation sites is 2. The lowest BCUT2D eigenvalue weighted by atomic mass is 10.1. The van der Waals surface area contributed by atoms with Gasteiger partial charge in [0.25, 0.3) is 11.5 Å². The van der Waals surface area contributed by atoms with E-state index in [1.165, 1.54) is 28.8 Å². The third kappa shape index (κ3) is 3.49. The van der Waals surface area contributed by atoms with Crippen molar-refractivity contribution in [2.45, 2.75) is 24.8 Å². The maximum Gasteiger partial charge on any atom is 0.267 e. The summed E-state index contributed by atoms with van der Waals surface area (Å²) >= 11 is 0. The molecule has 0 aliphatic rings. The monoisotopic (exact) mass is 401 g/mol. The SMILES string of the molecule is CCCn1c(=O)c(C(=O)Nc2ccccc2S(N)(=O)=O)c(O)c2ccccc21. The fraction of sp³-hybridized carbons (Fsp3) is 0.158. The van der Waals surface area contributed by atoms with Gasteiger partial charge in [-0.1, -0.05) is 31.2 Å². The molecule has 0 bridgehead atoms. The zero-order chi connectivity index (χ0) is 20.5. The second-order valence-electron chi connectivity index (χ2n) is 6.19. The van der Waals surface area contributed by atoms with Crippen LogP contribution >= 0.6 is 0 Å². The number of aryl methyl sites for hydroxylation is 1. The third-order valence-electron chi connectivity index (χ3n) is 4.26. The number of nitrogens with two attached hydrogens (primary N) is 1. The minimum Gasteiger partial charge on any atom is -0.506 e. The molecule has 1 heterocycles. The number of carbonyl (C=O) groups is 1. The van der Waals surface area contributed by atoms with E-state index in [1.807, 2.05) is 6.92 Å². The van der Waals surface area contributed by atoms with Crippen molar-refractivity contribution in [1.29, 1.82) is 0 Å². The molecular weight excluding hydrogens is 382 g/mol. The van der Waals surface area contributed by atoms with Gasteiger partial charge >= 0.3 is 0 Å². The first-order chi connectivity index (χ1) is 13.3. The zero-order valence-electron chi connectivity index (χ0n) is 15.0. The number of pyridine rings is 1. The maximum absolute atomic E-state index is 12.9. The van der Waals surface area contributed by atoms with Crippen LogP contribution < -0.4 is 16.0 Å². The third-order valence-corrected chi connectivity index (χ3v) is 5.23. The first-order valence-corrected chi connectivity index (χ1v) is 10.1. The fourth-order valence-corrected chi connectivity index (χ4v) is 3.74. The van der Waals surface area contributed by atoms with E-state index in [-0.39, 0.29) is 10.6 Å². The molecule has 0 unspecified atom stereocenters. The highest BCUT2D eigenvalue weighted by Gasteiger charge is 2.24. The average molecular weight is 401 g/mol. The number of amides is 1. The zero-order valence-corrected chi connectivity index (χ0v) is 15.9. The number of aromatic hydroxyl groups is 1. The lowest BCUT2D eigenvalue weighted by Gasteiger charge is -2.15. The minimum absolute atomic E-state index is 0.0796. The quantitative estimate of drug-likeness (QED) is 0.602. The summed E-state index contributed by atoms with van der Waals surface area (Å²) in [6.45, 7) is 2.24. The standard InChI is InChI=1S/C19H19N3O5S/c1-2-11-22-14-9-5-3-7-12(14)17(23)16(19(22)25)18(24)21-13-8-4-6-10-15(13)28(20,26)27/h3-10,23H,2,11H2,1H3,(H,21,24)(H2,20,26,27). The molecule has 0 aliphatic heterocycles. The maximum atomic E-state index is 12.9. The van der Waals surface area contributed by atoms with Crippen molar-refractivity contribution < 1.29 is 18.3 Å². The number of primary sulfonamides is 1. The molecule has 2 aromatic carbocycles. The van der Waals surface area contributed by atoms with Crippen LogP contribution in [0.1, 0.15) is 23.7 Å². The molecule has 1 amide bonds. The first kappa shape index (κ1) is 19.6. The Balaban J connectivity index is 2.18. The van der Waals surface area contributed by atoms with E-state index in [4.69, 9.17) is 5.14 Å². The van der Waals surface area contributed by atoms with E-state index >= 15 is 0 Å². The molecule has 0 spiro atoms. The molecule has 0 saturated carbocycles. The molecule has 8 nitrogen and oxygen atoms in total. The Bertz CT molecular complexity index is 1230. The Morgan fingerprint density at radius 3 is 2.46 bits per heavy atom. The molecule has 0 radical (unpaired) electrons. The predicted molar refractivity (Wildman–Crippen MR) is 106 cm³/mol. The van der Waals surface area contributed by atoms with E-state index in [0.29, 0.717) is 23.9 Å². The van der Waals surface area contributed by atoms with Crippen LogP contribution in [-0.2, 0) is 16.6 Å². The lowest BCUT2D eigenvalue weighted by Crippen LogP contribution is -2.30. The Labute approximate surface area is 161 Å². The second kappa shape index (κ2) is 7.45. The molecule has 4 N–H and O–H groups in total. The van der Waals surface area contributed by atoms with E-state index < -0.39 is 32.8 Å². The Morgan fingerprint density at radius 2 is 1.79 bits per heavy atom. The van der Waals surface area contributed by atoms with E-state index in [1.54, 1.807) is 24.3 Å². The molecule has 0 aliphatic carbocycles. The number of sulfonamides is 1. The van der Waals surface area contributed by atoms with Gasteiger partial charge in [0.15, 0.2) is 0 Å². The van der Waals surface area contributed by atoms with Crippen molar-refractivity contribution >= 4 is 32.5 Å². The number of benzene rings is 2. The highest BCUT2D eigenvalue weighted by atomic mass is 32.2. The predicted octanol–water partition coefficient (Wildman–Crippen LogP) is 2.02. The van der Waals surface area contributed by atoms with Crippen LogP contribution in [0.2, 0.25) is 0 Å². The molecule has 0 atom stereocenters. The first-order valence-electron chi connectivity index (χ1n) is 8.53. The normalized spacial score (nSPS) is 11.5. The Kier molecular flexibility index (Phi) is 5.21. The molecule has 0 saturated heterocycles. The van der Waals surface area contributed by atoms with Crippen molar-refractivity contribution in [3.05, 3.63) is 64.4 Å². The van der Waals surface area contributed by atoms with Crippen LogP contribution in [0.15, 0.2) is 58.2 Å². The highest BCUT2D eigenvalue weighted by molar-refractivity contribution is 7.89.